The normalized spacial score (nSPS) is 12.9. The molecule has 0 amide bonds. The van der Waals surface area contributed by atoms with Crippen molar-refractivity contribution in [3.8, 4) is 44.5 Å². The number of hydrogen-bond acceptors (Lipinski definition) is 0. The molecule has 0 nitrogen and oxygen atoms in total. The maximum atomic E-state index is 2.57. The molecule has 0 spiro atoms. The number of hydrogen-bond donors (Lipinski definition) is 0. The third-order valence-corrected chi connectivity index (χ3v) is 14.9. The fraction of sp³-hybridized carbons (Fsp3) is 0.0149. The summed E-state index contributed by atoms with van der Waals surface area (Å²) in [6.45, 7) is 0. The molecular formula is C67H42. The minimum atomic E-state index is -0.614. The zero-order valence-corrected chi connectivity index (χ0v) is 36.7. The van der Waals surface area contributed by atoms with Crippen molar-refractivity contribution >= 4 is 64.6 Å². The Hall–Kier alpha value is -8.58. The third kappa shape index (κ3) is 5.36. The molecular weight excluding hydrogens is 805 g/mol. The second kappa shape index (κ2) is 14.7. The second-order valence-corrected chi connectivity index (χ2v) is 18.2. The van der Waals surface area contributed by atoms with Crippen LogP contribution >= 0.6 is 0 Å². The third-order valence-electron chi connectivity index (χ3n) is 14.9. The summed E-state index contributed by atoms with van der Waals surface area (Å²) in [6.07, 6.45) is 0. The Kier molecular flexibility index (Phi) is 8.30. The molecule has 1 aliphatic carbocycles. The van der Waals surface area contributed by atoms with E-state index < -0.39 is 5.41 Å². The SMILES string of the molecule is c1ccc(C2(c3ccccc3)c3cc(-c4cccc(-c5c6ccccc6c(-c6cccc7ccccc67)c6ccccc56)c4)c4ccccc4c3-c3c2c2ccccc2c2ccccc32)cc1. The standard InChI is InChI=1S/C67H42/c1-3-25-46(26-4-1)67(47-27-5-2-6-28-47)61-42-60(51-32-10-12-33-53(51)64(61)65-54-34-13-9-30-49(54)50-31-11-18-39-59(50)66(65)67)44-23-19-24-45(41-44)62-55-35-14-16-37-57(55)63(58-38-17-15-36-56(58)62)52-40-20-22-43-21-7-8-29-48(43)52/h1-42H. The summed E-state index contributed by atoms with van der Waals surface area (Å²) in [7, 11) is 0. The molecule has 0 fully saturated rings. The Balaban J connectivity index is 1.09. The summed E-state index contributed by atoms with van der Waals surface area (Å²) in [5, 5.41) is 15.2. The molecule has 0 heteroatoms. The molecule has 0 unspecified atom stereocenters. The van der Waals surface area contributed by atoms with Crippen LogP contribution in [0.15, 0.2) is 255 Å². The summed E-state index contributed by atoms with van der Waals surface area (Å²) in [5.41, 5.74) is 14.7. The summed E-state index contributed by atoms with van der Waals surface area (Å²) in [6, 6.07) is 95.4. The van der Waals surface area contributed by atoms with Gasteiger partial charge in [0, 0.05) is 0 Å². The molecule has 0 saturated heterocycles. The summed E-state index contributed by atoms with van der Waals surface area (Å²) in [4.78, 5) is 0. The zero-order chi connectivity index (χ0) is 44.1. The molecule has 13 aromatic rings. The molecule has 1 aliphatic rings. The van der Waals surface area contributed by atoms with Gasteiger partial charge in [0.2, 0.25) is 0 Å². The number of benzene rings is 13. The van der Waals surface area contributed by atoms with Crippen molar-refractivity contribution in [2.24, 2.45) is 0 Å². The highest BCUT2D eigenvalue weighted by Crippen LogP contribution is 2.62. The minimum absolute atomic E-state index is 0.614. The second-order valence-electron chi connectivity index (χ2n) is 18.2. The van der Waals surface area contributed by atoms with Crippen molar-refractivity contribution in [2.75, 3.05) is 0 Å². The van der Waals surface area contributed by atoms with Crippen molar-refractivity contribution in [3.05, 3.63) is 277 Å². The van der Waals surface area contributed by atoms with Crippen molar-refractivity contribution in [1.82, 2.24) is 0 Å². The highest BCUT2D eigenvalue weighted by atomic mass is 14.5. The molecule has 0 radical (unpaired) electrons. The molecule has 14 rings (SSSR count). The molecule has 13 aromatic carbocycles. The monoisotopic (exact) mass is 846 g/mol. The van der Waals surface area contributed by atoms with Gasteiger partial charge in [0.25, 0.3) is 0 Å². The lowest BCUT2D eigenvalue weighted by Gasteiger charge is -2.35. The Bertz CT molecular complexity index is 4040. The minimum Gasteiger partial charge on any atom is -0.0622 e. The molecule has 0 N–H and O–H groups in total. The Labute approximate surface area is 389 Å². The van der Waals surface area contributed by atoms with E-state index in [1.54, 1.807) is 0 Å². The van der Waals surface area contributed by atoms with Gasteiger partial charge < -0.3 is 0 Å². The lowest BCUT2D eigenvalue weighted by atomic mass is 9.66. The van der Waals surface area contributed by atoms with E-state index in [0.717, 1.165) is 0 Å². The van der Waals surface area contributed by atoms with Gasteiger partial charge in [0.05, 0.1) is 5.41 Å². The molecule has 0 heterocycles. The summed E-state index contributed by atoms with van der Waals surface area (Å²) in [5.74, 6) is 0. The van der Waals surface area contributed by atoms with Crippen LogP contribution in [0.3, 0.4) is 0 Å². The van der Waals surface area contributed by atoms with Gasteiger partial charge >= 0.3 is 0 Å². The van der Waals surface area contributed by atoms with Crippen molar-refractivity contribution in [1.29, 1.82) is 0 Å². The lowest BCUT2D eigenvalue weighted by Crippen LogP contribution is -2.29. The van der Waals surface area contributed by atoms with Gasteiger partial charge in [-0.1, -0.05) is 243 Å². The van der Waals surface area contributed by atoms with Gasteiger partial charge in [-0.25, -0.2) is 0 Å². The van der Waals surface area contributed by atoms with E-state index >= 15 is 0 Å². The van der Waals surface area contributed by atoms with Crippen LogP contribution in [0.25, 0.3) is 109 Å². The zero-order valence-electron chi connectivity index (χ0n) is 36.7. The fourth-order valence-corrected chi connectivity index (χ4v) is 12.3. The van der Waals surface area contributed by atoms with E-state index in [2.05, 4.69) is 255 Å². The average molecular weight is 847 g/mol. The maximum Gasteiger partial charge on any atom is 0.0720 e. The topological polar surface area (TPSA) is 0 Å². The van der Waals surface area contributed by atoms with E-state index in [4.69, 9.17) is 0 Å². The first-order valence-electron chi connectivity index (χ1n) is 23.4. The van der Waals surface area contributed by atoms with Gasteiger partial charge in [0.1, 0.15) is 0 Å². The van der Waals surface area contributed by atoms with Crippen LogP contribution in [-0.2, 0) is 5.41 Å². The Morgan fingerprint density at radius 1 is 0.224 bits per heavy atom. The molecule has 310 valence electrons. The van der Waals surface area contributed by atoms with Crippen LogP contribution in [0.4, 0.5) is 0 Å². The average Bonchev–Trinajstić information content (AvgIpc) is 3.73. The fourth-order valence-electron chi connectivity index (χ4n) is 12.3. The van der Waals surface area contributed by atoms with Gasteiger partial charge in [0.15, 0.2) is 0 Å². The van der Waals surface area contributed by atoms with E-state index in [9.17, 15) is 0 Å². The van der Waals surface area contributed by atoms with E-state index in [-0.39, 0.29) is 0 Å². The van der Waals surface area contributed by atoms with Crippen LogP contribution in [-0.4, -0.2) is 0 Å². The Morgan fingerprint density at radius 2 is 0.642 bits per heavy atom. The highest BCUT2D eigenvalue weighted by molar-refractivity contribution is 6.25. The largest absolute Gasteiger partial charge is 0.0720 e. The van der Waals surface area contributed by atoms with Crippen molar-refractivity contribution in [2.45, 2.75) is 5.41 Å². The van der Waals surface area contributed by atoms with E-state index in [1.807, 2.05) is 0 Å². The Morgan fingerprint density at radius 3 is 1.25 bits per heavy atom. The first kappa shape index (κ1) is 37.8. The molecule has 0 bridgehead atoms. The van der Waals surface area contributed by atoms with Gasteiger partial charge in [-0.2, -0.15) is 0 Å². The summed E-state index contributed by atoms with van der Waals surface area (Å²) >= 11 is 0. The molecule has 0 aromatic heterocycles. The van der Waals surface area contributed by atoms with Gasteiger partial charge in [-0.15, -0.1) is 0 Å². The molecule has 0 atom stereocenters. The summed E-state index contributed by atoms with van der Waals surface area (Å²) < 4.78 is 0. The first-order valence-corrected chi connectivity index (χ1v) is 23.4. The molecule has 67 heavy (non-hydrogen) atoms. The van der Waals surface area contributed by atoms with Crippen molar-refractivity contribution < 1.29 is 0 Å². The van der Waals surface area contributed by atoms with E-state index in [0.29, 0.717) is 0 Å². The smallest absolute Gasteiger partial charge is 0.0622 e. The van der Waals surface area contributed by atoms with Gasteiger partial charge in [-0.3, -0.25) is 0 Å². The highest BCUT2D eigenvalue weighted by Gasteiger charge is 2.49. The number of fused-ring (bicyclic) bond motifs is 13. The van der Waals surface area contributed by atoms with Crippen LogP contribution in [0, 0.1) is 0 Å². The van der Waals surface area contributed by atoms with Crippen molar-refractivity contribution in [3.63, 3.8) is 0 Å². The predicted octanol–water partition coefficient (Wildman–Crippen LogP) is 18.0. The van der Waals surface area contributed by atoms with Crippen LogP contribution in [0.1, 0.15) is 22.3 Å². The molecule has 0 saturated carbocycles. The maximum absolute atomic E-state index is 2.57. The van der Waals surface area contributed by atoms with Crippen LogP contribution in [0.2, 0.25) is 0 Å². The quantitative estimate of drug-likeness (QED) is 0.120. The molecule has 0 aliphatic heterocycles. The van der Waals surface area contributed by atoms with Gasteiger partial charge in [-0.05, 0) is 144 Å². The van der Waals surface area contributed by atoms with Crippen LogP contribution in [0.5, 0.6) is 0 Å². The van der Waals surface area contributed by atoms with Crippen LogP contribution < -0.4 is 0 Å². The van der Waals surface area contributed by atoms with E-state index in [1.165, 1.54) is 131 Å². The number of rotatable bonds is 5. The lowest BCUT2D eigenvalue weighted by molar-refractivity contribution is 0.777. The predicted molar refractivity (Wildman–Crippen MR) is 285 cm³/mol. The first-order chi connectivity index (χ1) is 33.3.